The van der Waals surface area contributed by atoms with Crippen LogP contribution in [-0.4, -0.2) is 30.1 Å². The Morgan fingerprint density at radius 2 is 2.21 bits per heavy atom. The van der Waals surface area contributed by atoms with Crippen LogP contribution in [0.25, 0.3) is 0 Å². The second kappa shape index (κ2) is 6.58. The highest BCUT2D eigenvalue weighted by molar-refractivity contribution is 5.93. The lowest BCUT2D eigenvalue weighted by Gasteiger charge is -2.21. The standard InChI is InChI=1S/C11H16F3N3O2/c1-2-3-17(7-11(12,13)14)5-9-4-8(6-19-9)10(18)16-15/h4,6H,2-3,5,7,15H2,1H3,(H,16,18). The van der Waals surface area contributed by atoms with Gasteiger partial charge < -0.3 is 4.42 Å². The summed E-state index contributed by atoms with van der Waals surface area (Å²) in [5.41, 5.74) is 2.10. The summed E-state index contributed by atoms with van der Waals surface area (Å²) in [5, 5.41) is 0. The molecule has 108 valence electrons. The average Bonchev–Trinajstić information content (AvgIpc) is 2.74. The molecule has 1 aromatic heterocycles. The number of hydrogen-bond acceptors (Lipinski definition) is 4. The lowest BCUT2D eigenvalue weighted by Crippen LogP contribution is -2.34. The Morgan fingerprint density at radius 1 is 1.53 bits per heavy atom. The molecule has 0 aliphatic heterocycles. The van der Waals surface area contributed by atoms with Gasteiger partial charge in [-0.2, -0.15) is 13.2 Å². The first-order chi connectivity index (χ1) is 8.85. The zero-order valence-corrected chi connectivity index (χ0v) is 10.5. The molecule has 1 heterocycles. The van der Waals surface area contributed by atoms with E-state index in [2.05, 4.69) is 0 Å². The summed E-state index contributed by atoms with van der Waals surface area (Å²) in [6.07, 6.45) is -2.51. The first kappa shape index (κ1) is 15.5. The highest BCUT2D eigenvalue weighted by atomic mass is 19.4. The molecule has 0 aromatic carbocycles. The van der Waals surface area contributed by atoms with Crippen molar-refractivity contribution in [3.05, 3.63) is 23.7 Å². The van der Waals surface area contributed by atoms with Crippen LogP contribution < -0.4 is 11.3 Å². The number of alkyl halides is 3. The van der Waals surface area contributed by atoms with Crippen LogP contribution in [0.15, 0.2) is 16.7 Å². The number of nitrogen functional groups attached to an aromatic ring is 1. The topological polar surface area (TPSA) is 71.5 Å². The third-order valence-corrected chi connectivity index (χ3v) is 2.37. The van der Waals surface area contributed by atoms with Gasteiger partial charge in [-0.3, -0.25) is 15.1 Å². The molecular formula is C11H16F3N3O2. The predicted octanol–water partition coefficient (Wildman–Crippen LogP) is 1.66. The fourth-order valence-corrected chi connectivity index (χ4v) is 1.67. The third-order valence-electron chi connectivity index (χ3n) is 2.37. The van der Waals surface area contributed by atoms with Crippen molar-refractivity contribution >= 4 is 5.91 Å². The van der Waals surface area contributed by atoms with Crippen LogP contribution in [0.4, 0.5) is 13.2 Å². The maximum atomic E-state index is 12.4. The Hall–Kier alpha value is -1.54. The van der Waals surface area contributed by atoms with E-state index in [1.165, 1.54) is 11.0 Å². The van der Waals surface area contributed by atoms with Gasteiger partial charge in [0.2, 0.25) is 0 Å². The monoisotopic (exact) mass is 279 g/mol. The van der Waals surface area contributed by atoms with E-state index in [0.29, 0.717) is 13.0 Å². The van der Waals surface area contributed by atoms with E-state index < -0.39 is 18.6 Å². The van der Waals surface area contributed by atoms with E-state index >= 15 is 0 Å². The summed E-state index contributed by atoms with van der Waals surface area (Å²) in [4.78, 5) is 12.4. The second-order valence-corrected chi connectivity index (χ2v) is 4.10. The van der Waals surface area contributed by atoms with Crippen LogP contribution >= 0.6 is 0 Å². The van der Waals surface area contributed by atoms with Crippen LogP contribution in [0.5, 0.6) is 0 Å². The molecule has 0 atom stereocenters. The summed E-state index contributed by atoms with van der Waals surface area (Å²) in [6, 6.07) is 1.38. The zero-order chi connectivity index (χ0) is 14.5. The molecule has 1 rings (SSSR count). The van der Waals surface area contributed by atoms with Crippen molar-refractivity contribution in [2.24, 2.45) is 5.84 Å². The quantitative estimate of drug-likeness (QED) is 0.472. The number of nitrogens with two attached hydrogens (primary N) is 1. The van der Waals surface area contributed by atoms with Crippen LogP contribution in [0.3, 0.4) is 0 Å². The summed E-state index contributed by atoms with van der Waals surface area (Å²) in [7, 11) is 0. The molecule has 8 heteroatoms. The Balaban J connectivity index is 2.68. The van der Waals surface area contributed by atoms with Gasteiger partial charge in [-0.1, -0.05) is 6.92 Å². The van der Waals surface area contributed by atoms with Crippen molar-refractivity contribution in [1.82, 2.24) is 10.3 Å². The highest BCUT2D eigenvalue weighted by Crippen LogP contribution is 2.19. The molecule has 0 radical (unpaired) electrons. The number of rotatable bonds is 6. The Morgan fingerprint density at radius 3 is 2.74 bits per heavy atom. The van der Waals surface area contributed by atoms with Crippen molar-refractivity contribution < 1.29 is 22.4 Å². The lowest BCUT2D eigenvalue weighted by molar-refractivity contribution is -0.147. The van der Waals surface area contributed by atoms with E-state index in [9.17, 15) is 18.0 Å². The molecule has 1 aromatic rings. The molecule has 0 saturated heterocycles. The normalized spacial score (nSPS) is 11.9. The maximum Gasteiger partial charge on any atom is 0.401 e. The molecule has 19 heavy (non-hydrogen) atoms. The lowest BCUT2D eigenvalue weighted by atomic mass is 10.3. The smallest absolute Gasteiger partial charge is 0.401 e. The van der Waals surface area contributed by atoms with Crippen molar-refractivity contribution in [3.63, 3.8) is 0 Å². The van der Waals surface area contributed by atoms with Gasteiger partial charge in [-0.05, 0) is 19.0 Å². The van der Waals surface area contributed by atoms with Crippen LogP contribution in [0, 0.1) is 0 Å². The molecule has 3 N–H and O–H groups in total. The van der Waals surface area contributed by atoms with Crippen molar-refractivity contribution in [1.29, 1.82) is 0 Å². The summed E-state index contributed by atoms with van der Waals surface area (Å²) >= 11 is 0. The van der Waals surface area contributed by atoms with E-state index in [1.54, 1.807) is 6.92 Å². The van der Waals surface area contributed by atoms with E-state index in [0.717, 1.165) is 6.26 Å². The number of hydrazine groups is 1. The van der Waals surface area contributed by atoms with Gasteiger partial charge in [0, 0.05) is 0 Å². The summed E-state index contributed by atoms with van der Waals surface area (Å²) in [6.45, 7) is 1.06. The first-order valence-electron chi connectivity index (χ1n) is 5.73. The molecular weight excluding hydrogens is 263 g/mol. The number of carbonyl (C=O) groups is 1. The molecule has 0 aliphatic carbocycles. The average molecular weight is 279 g/mol. The number of nitrogens with zero attached hydrogens (tertiary/aromatic N) is 1. The molecule has 0 spiro atoms. The molecule has 0 bridgehead atoms. The number of amides is 1. The molecule has 0 saturated carbocycles. The first-order valence-corrected chi connectivity index (χ1v) is 5.73. The SMILES string of the molecule is CCCN(Cc1cc(C(=O)NN)co1)CC(F)(F)F. The fraction of sp³-hybridized carbons (Fsp3) is 0.545. The minimum absolute atomic E-state index is 0.00873. The number of carbonyl (C=O) groups excluding carboxylic acids is 1. The van der Waals surface area contributed by atoms with Crippen LogP contribution in [-0.2, 0) is 6.54 Å². The molecule has 0 aliphatic rings. The number of hydrogen-bond donors (Lipinski definition) is 2. The van der Waals surface area contributed by atoms with Gasteiger partial charge in [0.1, 0.15) is 12.0 Å². The van der Waals surface area contributed by atoms with Crippen LogP contribution in [0.1, 0.15) is 29.5 Å². The molecule has 1 amide bonds. The summed E-state index contributed by atoms with van der Waals surface area (Å²) in [5.74, 6) is 4.69. The number of furan rings is 1. The number of nitrogens with one attached hydrogen (secondary N) is 1. The summed E-state index contributed by atoms with van der Waals surface area (Å²) < 4.78 is 42.2. The Labute approximate surface area is 108 Å². The molecule has 5 nitrogen and oxygen atoms in total. The van der Waals surface area contributed by atoms with Crippen molar-refractivity contribution in [2.75, 3.05) is 13.1 Å². The van der Waals surface area contributed by atoms with E-state index in [-0.39, 0.29) is 17.9 Å². The van der Waals surface area contributed by atoms with E-state index in [4.69, 9.17) is 10.3 Å². The van der Waals surface area contributed by atoms with Gasteiger partial charge in [0.25, 0.3) is 5.91 Å². The molecule has 0 unspecified atom stereocenters. The van der Waals surface area contributed by atoms with Gasteiger partial charge >= 0.3 is 6.18 Å². The third kappa shape index (κ3) is 5.31. The zero-order valence-electron chi connectivity index (χ0n) is 10.5. The second-order valence-electron chi connectivity index (χ2n) is 4.10. The Bertz CT molecular complexity index is 418. The van der Waals surface area contributed by atoms with Crippen LogP contribution in [0.2, 0.25) is 0 Å². The molecule has 0 fully saturated rings. The van der Waals surface area contributed by atoms with Gasteiger partial charge in [-0.25, -0.2) is 5.84 Å². The minimum atomic E-state index is -4.26. The predicted molar refractivity (Wildman–Crippen MR) is 62.0 cm³/mol. The largest absolute Gasteiger partial charge is 0.467 e. The fourth-order valence-electron chi connectivity index (χ4n) is 1.67. The van der Waals surface area contributed by atoms with Gasteiger partial charge in [0.15, 0.2) is 0 Å². The maximum absolute atomic E-state index is 12.4. The minimum Gasteiger partial charge on any atom is -0.467 e. The highest BCUT2D eigenvalue weighted by Gasteiger charge is 2.30. The van der Waals surface area contributed by atoms with Gasteiger partial charge in [-0.15, -0.1) is 0 Å². The van der Waals surface area contributed by atoms with E-state index in [1.807, 2.05) is 5.43 Å². The van der Waals surface area contributed by atoms with Crippen molar-refractivity contribution in [3.8, 4) is 0 Å². The van der Waals surface area contributed by atoms with Crippen molar-refractivity contribution in [2.45, 2.75) is 26.1 Å². The Kier molecular flexibility index (Phi) is 5.37. The van der Waals surface area contributed by atoms with Gasteiger partial charge in [0.05, 0.1) is 18.7 Å². The number of halogens is 3.